The van der Waals surface area contributed by atoms with Crippen molar-refractivity contribution in [2.75, 3.05) is 9.80 Å². The van der Waals surface area contributed by atoms with Crippen LogP contribution in [0.5, 0.6) is 11.5 Å². The van der Waals surface area contributed by atoms with Gasteiger partial charge >= 0.3 is 6.36 Å². The summed E-state index contributed by atoms with van der Waals surface area (Å²) in [6, 6.07) is 17.2. The average Bonchev–Trinajstić information content (AvgIpc) is 3.82. The Labute approximate surface area is 346 Å². The highest BCUT2D eigenvalue weighted by Gasteiger charge is 2.68. The highest BCUT2D eigenvalue weighted by atomic mass is 127. The molecule has 1 N–H and O–H groups in total. The molecule has 9 rings (SSSR count). The van der Waals surface area contributed by atoms with Gasteiger partial charge in [-0.1, -0.05) is 23.3 Å². The first kappa shape index (κ1) is 37.8. The SMILES string of the molecule is Cc1c(-c2cc(N3C(=O)[C@@H]4C[C@@H]5C(=CC[C@@H]6C(=O)N(c7ccc(I)cc7)C(=O)[C@@H]65)[C@H](c5cc(OC(F)(F)F)ccc5O)[C@]4(C)C3=O)n(C)n2)sc2ccc(Cl)cc12. The number of carbonyl (C=O) groups is 4. The zero-order valence-corrected chi connectivity index (χ0v) is 34.0. The molecule has 4 aliphatic rings. The van der Waals surface area contributed by atoms with Crippen LogP contribution in [0.2, 0.25) is 5.02 Å². The van der Waals surface area contributed by atoms with Gasteiger partial charge in [0, 0.05) is 37.9 Å². The molecule has 10 nitrogen and oxygen atoms in total. The van der Waals surface area contributed by atoms with E-state index in [4.69, 9.17) is 16.7 Å². The highest BCUT2D eigenvalue weighted by molar-refractivity contribution is 14.1. The van der Waals surface area contributed by atoms with Crippen molar-refractivity contribution in [3.05, 3.63) is 98.1 Å². The van der Waals surface area contributed by atoms with Gasteiger partial charge in [-0.25, -0.2) is 4.90 Å². The van der Waals surface area contributed by atoms with Gasteiger partial charge in [0.25, 0.3) is 0 Å². The molecule has 1 saturated carbocycles. The number of amides is 4. The minimum Gasteiger partial charge on any atom is -0.508 e. The number of thiophene rings is 1. The van der Waals surface area contributed by atoms with E-state index >= 15 is 4.79 Å². The molecule has 2 aliphatic carbocycles. The maximum absolute atomic E-state index is 15.1. The molecule has 6 atom stereocenters. The van der Waals surface area contributed by atoms with Crippen molar-refractivity contribution in [2.24, 2.45) is 36.1 Å². The number of hydrogen-bond donors (Lipinski definition) is 1. The lowest BCUT2D eigenvalue weighted by Crippen LogP contribution is -2.49. The number of phenolic OH excluding ortho intramolecular Hbond substituents is 1. The number of anilines is 2. The number of ether oxygens (including phenoxy) is 1. The zero-order chi connectivity index (χ0) is 40.5. The smallest absolute Gasteiger partial charge is 0.508 e. The van der Waals surface area contributed by atoms with E-state index in [1.807, 2.05) is 19.1 Å². The molecular weight excluding hydrogens is 896 g/mol. The number of aromatic nitrogens is 2. The number of rotatable bonds is 5. The molecule has 4 heterocycles. The Balaban J connectivity index is 1.17. The van der Waals surface area contributed by atoms with Crippen LogP contribution in [0, 0.1) is 39.6 Å². The summed E-state index contributed by atoms with van der Waals surface area (Å²) in [5.41, 5.74) is 0.594. The van der Waals surface area contributed by atoms with Crippen molar-refractivity contribution in [1.82, 2.24) is 9.78 Å². The fraction of sp³-hybridized carbons (Fsp3) is 0.293. The quantitative estimate of drug-likeness (QED) is 0.106. The molecule has 0 unspecified atom stereocenters. The molecule has 2 aromatic heterocycles. The van der Waals surface area contributed by atoms with Gasteiger partial charge in [0.2, 0.25) is 23.6 Å². The Morgan fingerprint density at radius 3 is 2.42 bits per heavy atom. The number of phenols is 1. The first-order valence-electron chi connectivity index (χ1n) is 18.0. The second kappa shape index (κ2) is 13.1. The lowest BCUT2D eigenvalue weighted by molar-refractivity contribution is -0.274. The number of aryl methyl sites for hydroxylation is 2. The minimum atomic E-state index is -5.06. The van der Waals surface area contributed by atoms with E-state index in [-0.39, 0.29) is 24.2 Å². The maximum atomic E-state index is 15.1. The predicted octanol–water partition coefficient (Wildman–Crippen LogP) is 8.91. The van der Waals surface area contributed by atoms with Gasteiger partial charge in [-0.2, -0.15) is 5.10 Å². The van der Waals surface area contributed by atoms with Crippen molar-refractivity contribution in [3.8, 4) is 22.1 Å². The maximum Gasteiger partial charge on any atom is 0.573 e. The van der Waals surface area contributed by atoms with E-state index in [9.17, 15) is 32.7 Å². The first-order valence-corrected chi connectivity index (χ1v) is 20.3. The first-order chi connectivity index (χ1) is 27.0. The Hall–Kier alpha value is -4.74. The van der Waals surface area contributed by atoms with Crippen LogP contribution < -0.4 is 14.5 Å². The molecule has 16 heteroatoms. The molecule has 4 amide bonds. The van der Waals surface area contributed by atoms with Crippen molar-refractivity contribution in [2.45, 2.75) is 39.0 Å². The summed E-state index contributed by atoms with van der Waals surface area (Å²) in [7, 11) is 1.61. The van der Waals surface area contributed by atoms with Gasteiger partial charge in [-0.3, -0.25) is 28.8 Å². The summed E-state index contributed by atoms with van der Waals surface area (Å²) in [5, 5.41) is 17.6. The van der Waals surface area contributed by atoms with Gasteiger partial charge in [0.05, 0.1) is 33.7 Å². The lowest BCUT2D eigenvalue weighted by atomic mass is 9.51. The van der Waals surface area contributed by atoms with Crippen LogP contribution >= 0.6 is 45.5 Å². The summed E-state index contributed by atoms with van der Waals surface area (Å²) in [5.74, 6) is -7.73. The third-order valence-electron chi connectivity index (χ3n) is 12.1. The van der Waals surface area contributed by atoms with Crippen molar-refractivity contribution >= 4 is 90.7 Å². The molecule has 57 heavy (non-hydrogen) atoms. The van der Waals surface area contributed by atoms with Crippen molar-refractivity contribution < 1.29 is 42.2 Å². The number of halogens is 5. The number of aromatic hydroxyl groups is 1. The van der Waals surface area contributed by atoms with Gasteiger partial charge in [-0.05, 0) is 127 Å². The van der Waals surface area contributed by atoms with Gasteiger partial charge in [-0.15, -0.1) is 24.5 Å². The van der Waals surface area contributed by atoms with Crippen LogP contribution in [0.1, 0.15) is 36.8 Å². The average molecular weight is 927 g/mol. The van der Waals surface area contributed by atoms with Gasteiger partial charge < -0.3 is 9.84 Å². The number of hydrogen-bond acceptors (Lipinski definition) is 8. The number of alkyl halides is 3. The topological polar surface area (TPSA) is 122 Å². The van der Waals surface area contributed by atoms with E-state index in [1.54, 1.807) is 56.4 Å². The molecule has 0 spiro atoms. The van der Waals surface area contributed by atoms with Crippen LogP contribution in [0.25, 0.3) is 20.7 Å². The van der Waals surface area contributed by atoms with E-state index in [0.717, 1.165) is 52.1 Å². The molecule has 3 aromatic carbocycles. The molecule has 0 bridgehead atoms. The largest absolute Gasteiger partial charge is 0.573 e. The van der Waals surface area contributed by atoms with Crippen LogP contribution in [0.15, 0.2) is 78.4 Å². The molecule has 0 radical (unpaired) electrons. The number of nitrogens with zero attached hydrogens (tertiary/aromatic N) is 4. The number of imide groups is 2. The monoisotopic (exact) mass is 926 g/mol. The second-order valence-corrected chi connectivity index (χ2v) is 17.9. The standard InChI is InChI=1S/C41H31ClF3IN4O6S/c1-18-25-14-19(42)4-13-31(25)57-35(18)29-17-32(48(3)47-29)50-37(53)28-16-26-23(10-11-24-33(26)38(54)49(36(24)52)21-7-5-20(46)6-8-21)34(40(28,2)39(50)55)27-15-22(9-12-30(27)51)56-41(43,44)45/h4-10,12-15,17,24,26,28,33-34,51H,11,16H2,1-3H3/t24-,26+,28-,33-,34+,40+/m0/s1. The number of allylic oxidation sites excluding steroid dienone is 2. The van der Waals surface area contributed by atoms with Crippen molar-refractivity contribution in [1.29, 1.82) is 0 Å². The Morgan fingerprint density at radius 1 is 0.965 bits per heavy atom. The van der Waals surface area contributed by atoms with Crippen molar-refractivity contribution in [3.63, 3.8) is 0 Å². The van der Waals surface area contributed by atoms with E-state index < -0.39 is 76.5 Å². The van der Waals surface area contributed by atoms with Gasteiger partial charge in [0.15, 0.2) is 0 Å². The number of carbonyl (C=O) groups excluding carboxylic acids is 4. The third-order valence-corrected chi connectivity index (χ3v) is 14.4. The zero-order valence-electron chi connectivity index (χ0n) is 30.3. The minimum absolute atomic E-state index is 0.00101. The summed E-state index contributed by atoms with van der Waals surface area (Å²) >= 11 is 9.89. The summed E-state index contributed by atoms with van der Waals surface area (Å²) in [4.78, 5) is 61.4. The second-order valence-electron chi connectivity index (χ2n) is 15.1. The Morgan fingerprint density at radius 2 is 1.70 bits per heavy atom. The fourth-order valence-corrected chi connectivity index (χ4v) is 11.3. The van der Waals surface area contributed by atoms with E-state index in [2.05, 4.69) is 27.3 Å². The Bertz CT molecular complexity index is 2620. The summed E-state index contributed by atoms with van der Waals surface area (Å²) < 4.78 is 48.2. The van der Waals surface area contributed by atoms with Crippen LogP contribution in [0.4, 0.5) is 24.7 Å². The third kappa shape index (κ3) is 5.74. The highest BCUT2D eigenvalue weighted by Crippen LogP contribution is 2.65. The summed E-state index contributed by atoms with van der Waals surface area (Å²) in [6.07, 6.45) is -3.19. The van der Waals surface area contributed by atoms with Crippen LogP contribution in [0.3, 0.4) is 0 Å². The lowest BCUT2D eigenvalue weighted by Gasteiger charge is -2.49. The molecule has 5 aromatic rings. The predicted molar refractivity (Wildman–Crippen MR) is 215 cm³/mol. The van der Waals surface area contributed by atoms with Gasteiger partial charge in [0.1, 0.15) is 23.0 Å². The number of fused-ring (bicyclic) bond motifs is 5. The number of benzene rings is 3. The molecule has 3 fully saturated rings. The fourth-order valence-electron chi connectivity index (χ4n) is 9.60. The Kier molecular flexibility index (Phi) is 8.72. The molecule has 2 aliphatic heterocycles. The van der Waals surface area contributed by atoms with E-state index in [0.29, 0.717) is 22.0 Å². The van der Waals surface area contributed by atoms with Crippen LogP contribution in [-0.2, 0) is 26.2 Å². The summed E-state index contributed by atoms with van der Waals surface area (Å²) in [6.45, 7) is 3.52. The van der Waals surface area contributed by atoms with E-state index in [1.165, 1.54) is 16.0 Å². The molecule has 292 valence electrons. The molecule has 2 saturated heterocycles. The molecular formula is C41H31ClF3IN4O6S. The van der Waals surface area contributed by atoms with Crippen LogP contribution in [-0.4, -0.2) is 44.9 Å². The normalized spacial score (nSPS) is 25.9.